The molecule has 1 aliphatic rings. The van der Waals surface area contributed by atoms with Gasteiger partial charge in [0, 0.05) is 5.92 Å². The van der Waals surface area contributed by atoms with Gasteiger partial charge in [-0.1, -0.05) is 127 Å². The van der Waals surface area contributed by atoms with E-state index < -0.39 is 23.5 Å². The molecule has 0 aliphatic heterocycles. The number of carbonyl (C=O) groups is 2. The number of ether oxygens (including phenoxy) is 2. The van der Waals surface area contributed by atoms with Crippen molar-refractivity contribution in [1.29, 1.82) is 0 Å². The van der Waals surface area contributed by atoms with E-state index >= 15 is 0 Å². The zero-order valence-electron chi connectivity index (χ0n) is 24.5. The molecular formula is C38H38O4. The minimum absolute atomic E-state index is 0.214. The molecule has 4 aromatic carbocycles. The predicted octanol–water partition coefficient (Wildman–Crippen LogP) is 8.24. The molecule has 0 saturated carbocycles. The Hall–Kier alpha value is -4.44. The van der Waals surface area contributed by atoms with Crippen molar-refractivity contribution in [2.75, 3.05) is 0 Å². The average Bonchev–Trinajstić information content (AvgIpc) is 2.99. The van der Waals surface area contributed by atoms with Crippen LogP contribution in [0.3, 0.4) is 0 Å². The van der Waals surface area contributed by atoms with Crippen LogP contribution in [0.5, 0.6) is 0 Å². The van der Waals surface area contributed by atoms with Gasteiger partial charge >= 0.3 is 11.9 Å². The first-order valence-corrected chi connectivity index (χ1v) is 14.6. The van der Waals surface area contributed by atoms with Crippen molar-refractivity contribution >= 4 is 11.9 Å². The normalized spacial score (nSPS) is 17.0. The van der Waals surface area contributed by atoms with E-state index in [2.05, 4.69) is 6.92 Å². The maximum atomic E-state index is 13.9. The van der Waals surface area contributed by atoms with Gasteiger partial charge in [-0.15, -0.1) is 0 Å². The van der Waals surface area contributed by atoms with E-state index in [0.29, 0.717) is 0 Å². The van der Waals surface area contributed by atoms with Crippen LogP contribution >= 0.6 is 0 Å². The zero-order chi connectivity index (χ0) is 29.5. The molecule has 0 heterocycles. The lowest BCUT2D eigenvalue weighted by Crippen LogP contribution is -2.46. The Labute approximate surface area is 249 Å². The number of rotatable bonds is 9. The summed E-state index contributed by atoms with van der Waals surface area (Å²) in [5.74, 6) is -1.97. The highest BCUT2D eigenvalue weighted by Crippen LogP contribution is 2.39. The number of hydrogen-bond donors (Lipinski definition) is 0. The molecule has 0 aromatic heterocycles. The Balaban J connectivity index is 1.41. The molecule has 2 atom stereocenters. The Morgan fingerprint density at radius 3 is 1.43 bits per heavy atom. The van der Waals surface area contributed by atoms with Crippen molar-refractivity contribution in [2.24, 2.45) is 5.92 Å². The van der Waals surface area contributed by atoms with Gasteiger partial charge in [0.25, 0.3) is 0 Å². The summed E-state index contributed by atoms with van der Waals surface area (Å²) in [6, 6.07) is 38.9. The fourth-order valence-corrected chi connectivity index (χ4v) is 5.99. The smallest absolute Gasteiger partial charge is 0.318 e. The lowest BCUT2D eigenvalue weighted by Gasteiger charge is -2.41. The lowest BCUT2D eigenvalue weighted by atomic mass is 9.77. The standard InChI is InChI=1S/C38H38O4/c1-27-24-25-32(33(26-27)41-36(39)34(28-16-8-4-9-17-28)29-18-10-5-11-19-29)38(2,3)42-37(40)35(30-20-12-6-13-21-30)31-22-14-7-15-23-31/h4-23,26,32-35H,24-25H2,1-3H3/t32-,33?/m1/s1. The van der Waals surface area contributed by atoms with Gasteiger partial charge in [0.15, 0.2) is 0 Å². The molecular weight excluding hydrogens is 520 g/mol. The van der Waals surface area contributed by atoms with Crippen molar-refractivity contribution in [3.63, 3.8) is 0 Å². The summed E-state index contributed by atoms with van der Waals surface area (Å²) in [5.41, 5.74) is 3.77. The molecule has 5 rings (SSSR count). The summed E-state index contributed by atoms with van der Waals surface area (Å²) < 4.78 is 12.7. The van der Waals surface area contributed by atoms with Crippen LogP contribution in [-0.4, -0.2) is 23.6 Å². The van der Waals surface area contributed by atoms with Crippen LogP contribution in [0.2, 0.25) is 0 Å². The number of allylic oxidation sites excluding steroid dienone is 1. The Morgan fingerprint density at radius 2 is 1.02 bits per heavy atom. The molecule has 4 nitrogen and oxygen atoms in total. The SMILES string of the molecule is CC1=CC(OC(=O)C(c2ccccc2)c2ccccc2)[C@H](C(C)(C)OC(=O)C(c2ccccc2)c2ccccc2)CC1. The van der Waals surface area contributed by atoms with Gasteiger partial charge in [-0.2, -0.15) is 0 Å². The number of carbonyl (C=O) groups excluding carboxylic acids is 2. The second-order valence-electron chi connectivity index (χ2n) is 11.6. The van der Waals surface area contributed by atoms with Crippen molar-refractivity contribution < 1.29 is 19.1 Å². The third-order valence-corrected chi connectivity index (χ3v) is 8.21. The highest BCUT2D eigenvalue weighted by atomic mass is 16.6. The van der Waals surface area contributed by atoms with Crippen LogP contribution in [0.25, 0.3) is 0 Å². The molecule has 0 radical (unpaired) electrons. The predicted molar refractivity (Wildman–Crippen MR) is 166 cm³/mol. The van der Waals surface area contributed by atoms with Crippen LogP contribution in [0, 0.1) is 5.92 Å². The molecule has 0 N–H and O–H groups in total. The lowest BCUT2D eigenvalue weighted by molar-refractivity contribution is -0.172. The van der Waals surface area contributed by atoms with E-state index in [1.54, 1.807) is 0 Å². The van der Waals surface area contributed by atoms with E-state index in [1.165, 1.54) is 0 Å². The quantitative estimate of drug-likeness (QED) is 0.153. The van der Waals surface area contributed by atoms with E-state index in [-0.39, 0.29) is 17.9 Å². The molecule has 1 aliphatic carbocycles. The maximum Gasteiger partial charge on any atom is 0.318 e. The van der Waals surface area contributed by atoms with Gasteiger partial charge in [-0.25, -0.2) is 0 Å². The summed E-state index contributed by atoms with van der Waals surface area (Å²) in [6.07, 6.45) is 3.08. The van der Waals surface area contributed by atoms with Crippen molar-refractivity contribution in [1.82, 2.24) is 0 Å². The first kappa shape index (κ1) is 29.1. The molecule has 214 valence electrons. The third-order valence-electron chi connectivity index (χ3n) is 8.21. The van der Waals surface area contributed by atoms with Crippen molar-refractivity contribution in [2.45, 2.75) is 57.2 Å². The van der Waals surface area contributed by atoms with E-state index in [9.17, 15) is 9.59 Å². The number of hydrogen-bond acceptors (Lipinski definition) is 4. The highest BCUT2D eigenvalue weighted by Gasteiger charge is 2.43. The third kappa shape index (κ3) is 6.71. The molecule has 4 aromatic rings. The highest BCUT2D eigenvalue weighted by molar-refractivity contribution is 5.83. The number of benzene rings is 4. The molecule has 0 amide bonds. The minimum Gasteiger partial charge on any atom is -0.458 e. The summed E-state index contributed by atoms with van der Waals surface area (Å²) in [4.78, 5) is 27.9. The largest absolute Gasteiger partial charge is 0.458 e. The first-order valence-electron chi connectivity index (χ1n) is 14.6. The van der Waals surface area contributed by atoms with E-state index in [0.717, 1.165) is 40.7 Å². The molecule has 0 bridgehead atoms. The van der Waals surface area contributed by atoms with Gasteiger partial charge in [-0.05, 0) is 61.9 Å². The molecule has 0 saturated heterocycles. The zero-order valence-corrected chi connectivity index (χ0v) is 24.5. The summed E-state index contributed by atoms with van der Waals surface area (Å²) in [7, 11) is 0. The second kappa shape index (κ2) is 13.0. The van der Waals surface area contributed by atoms with Crippen LogP contribution in [0.15, 0.2) is 133 Å². The molecule has 0 fully saturated rings. The monoisotopic (exact) mass is 558 g/mol. The fraction of sp³-hybridized carbons (Fsp3) is 0.263. The topological polar surface area (TPSA) is 52.6 Å². The van der Waals surface area contributed by atoms with Crippen LogP contribution in [0.1, 0.15) is 67.7 Å². The Kier molecular flexibility index (Phi) is 9.02. The van der Waals surface area contributed by atoms with Gasteiger partial charge < -0.3 is 9.47 Å². The van der Waals surface area contributed by atoms with Crippen LogP contribution < -0.4 is 0 Å². The average molecular weight is 559 g/mol. The number of esters is 2. The van der Waals surface area contributed by atoms with Gasteiger partial charge in [0.2, 0.25) is 0 Å². The molecule has 1 unspecified atom stereocenters. The first-order chi connectivity index (χ1) is 20.3. The Morgan fingerprint density at radius 1 is 0.643 bits per heavy atom. The second-order valence-corrected chi connectivity index (χ2v) is 11.6. The van der Waals surface area contributed by atoms with Crippen molar-refractivity contribution in [3.05, 3.63) is 155 Å². The van der Waals surface area contributed by atoms with Crippen LogP contribution in [-0.2, 0) is 19.1 Å². The van der Waals surface area contributed by atoms with E-state index in [1.807, 2.05) is 141 Å². The van der Waals surface area contributed by atoms with Crippen molar-refractivity contribution in [3.8, 4) is 0 Å². The van der Waals surface area contributed by atoms with E-state index in [4.69, 9.17) is 9.47 Å². The van der Waals surface area contributed by atoms with Gasteiger partial charge in [0.05, 0.1) is 0 Å². The van der Waals surface area contributed by atoms with Gasteiger partial charge in [-0.3, -0.25) is 9.59 Å². The molecule has 4 heteroatoms. The summed E-state index contributed by atoms with van der Waals surface area (Å²) in [5, 5.41) is 0. The molecule has 0 spiro atoms. The summed E-state index contributed by atoms with van der Waals surface area (Å²) >= 11 is 0. The summed E-state index contributed by atoms with van der Waals surface area (Å²) in [6.45, 7) is 5.93. The Bertz CT molecular complexity index is 1420. The van der Waals surface area contributed by atoms with Crippen LogP contribution in [0.4, 0.5) is 0 Å². The molecule has 42 heavy (non-hydrogen) atoms. The minimum atomic E-state index is -0.893. The maximum absolute atomic E-state index is 13.9. The fourth-order valence-electron chi connectivity index (χ4n) is 5.99. The van der Waals surface area contributed by atoms with Gasteiger partial charge in [0.1, 0.15) is 23.5 Å².